The Morgan fingerprint density at radius 2 is 1.67 bits per heavy atom. The average Bonchev–Trinajstić information content (AvgIpc) is 2.69. The molecule has 0 aliphatic heterocycles. The highest BCUT2D eigenvalue weighted by molar-refractivity contribution is 6.02. The van der Waals surface area contributed by atoms with E-state index in [1.807, 2.05) is 30.3 Å². The maximum absolute atomic E-state index is 11.3. The smallest absolute Gasteiger partial charge is 0.271 e. The van der Waals surface area contributed by atoms with Gasteiger partial charge in [0.2, 0.25) is 0 Å². The molecule has 1 aliphatic rings. The van der Waals surface area contributed by atoms with Crippen molar-refractivity contribution in [2.45, 2.75) is 32.1 Å². The van der Waals surface area contributed by atoms with Gasteiger partial charge in [0.25, 0.3) is 5.69 Å². The van der Waals surface area contributed by atoms with Crippen LogP contribution in [0.2, 0.25) is 0 Å². The molecule has 0 amide bonds. The summed E-state index contributed by atoms with van der Waals surface area (Å²) in [4.78, 5) is 20.9. The molecule has 0 aromatic heterocycles. The van der Waals surface area contributed by atoms with Crippen LogP contribution in [0.25, 0.3) is 0 Å². The number of nitro benzene ring substituents is 2. The van der Waals surface area contributed by atoms with E-state index < -0.39 is 9.85 Å². The quantitative estimate of drug-likeness (QED) is 0.443. The summed E-state index contributed by atoms with van der Waals surface area (Å²) in [6.07, 6.45) is 5.53. The zero-order valence-corrected chi connectivity index (χ0v) is 14.7. The second-order valence-electron chi connectivity index (χ2n) is 6.53. The third-order valence-electron chi connectivity index (χ3n) is 4.75. The molecule has 1 saturated carbocycles. The van der Waals surface area contributed by atoms with Gasteiger partial charge in [-0.15, -0.1) is 0 Å². The Labute approximate surface area is 156 Å². The van der Waals surface area contributed by atoms with Crippen LogP contribution in [0.5, 0.6) is 0 Å². The van der Waals surface area contributed by atoms with Gasteiger partial charge in [-0.2, -0.15) is 5.10 Å². The van der Waals surface area contributed by atoms with Crippen molar-refractivity contribution in [3.63, 3.8) is 0 Å². The number of hydrogen-bond acceptors (Lipinski definition) is 6. The van der Waals surface area contributed by atoms with Crippen molar-refractivity contribution in [3.8, 4) is 0 Å². The van der Waals surface area contributed by atoms with Crippen LogP contribution in [-0.4, -0.2) is 15.6 Å². The first-order chi connectivity index (χ1) is 13.1. The Hall–Kier alpha value is -3.29. The molecule has 0 unspecified atom stereocenters. The van der Waals surface area contributed by atoms with Crippen molar-refractivity contribution in [2.24, 2.45) is 11.0 Å². The molecular weight excluding hydrogens is 348 g/mol. The molecule has 0 heterocycles. The first-order valence-corrected chi connectivity index (χ1v) is 8.88. The van der Waals surface area contributed by atoms with Gasteiger partial charge in [-0.3, -0.25) is 25.7 Å². The van der Waals surface area contributed by atoms with Crippen molar-refractivity contribution >= 4 is 22.8 Å². The van der Waals surface area contributed by atoms with Gasteiger partial charge in [-0.05, 0) is 24.5 Å². The largest absolute Gasteiger partial charge is 0.301 e. The van der Waals surface area contributed by atoms with E-state index in [4.69, 9.17) is 0 Å². The van der Waals surface area contributed by atoms with Gasteiger partial charge in [0, 0.05) is 12.0 Å². The van der Waals surface area contributed by atoms with Crippen LogP contribution in [0.15, 0.2) is 53.6 Å². The number of hydrogen-bond donors (Lipinski definition) is 1. The van der Waals surface area contributed by atoms with Crippen molar-refractivity contribution in [1.29, 1.82) is 0 Å². The molecule has 0 atom stereocenters. The Morgan fingerprint density at radius 3 is 2.30 bits per heavy atom. The van der Waals surface area contributed by atoms with E-state index in [1.165, 1.54) is 18.6 Å². The fraction of sp³-hybridized carbons (Fsp3) is 0.316. The molecule has 140 valence electrons. The minimum absolute atomic E-state index is 0.134. The van der Waals surface area contributed by atoms with E-state index in [0.29, 0.717) is 0 Å². The highest BCUT2D eigenvalue weighted by Crippen LogP contribution is 2.31. The first-order valence-electron chi connectivity index (χ1n) is 8.88. The summed E-state index contributed by atoms with van der Waals surface area (Å²) >= 11 is 0. The van der Waals surface area contributed by atoms with Crippen molar-refractivity contribution in [1.82, 2.24) is 0 Å². The zero-order valence-electron chi connectivity index (χ0n) is 14.7. The topological polar surface area (TPSA) is 111 Å². The predicted octanol–water partition coefficient (Wildman–Crippen LogP) is 4.90. The van der Waals surface area contributed by atoms with Crippen LogP contribution >= 0.6 is 0 Å². The lowest BCUT2D eigenvalue weighted by atomic mass is 9.83. The van der Waals surface area contributed by atoms with E-state index in [-0.39, 0.29) is 23.0 Å². The highest BCUT2D eigenvalue weighted by Gasteiger charge is 2.23. The molecule has 2 aromatic rings. The third kappa shape index (κ3) is 4.46. The van der Waals surface area contributed by atoms with E-state index in [2.05, 4.69) is 10.5 Å². The van der Waals surface area contributed by atoms with E-state index in [0.717, 1.165) is 43.0 Å². The minimum Gasteiger partial charge on any atom is -0.271 e. The SMILES string of the molecule is O=[N+]([O-])c1ccc(N/N=C(/c2ccccc2)C2CCCCC2)c([N+](=O)[O-])c1. The van der Waals surface area contributed by atoms with Gasteiger partial charge in [0.1, 0.15) is 5.69 Å². The number of nitro groups is 2. The lowest BCUT2D eigenvalue weighted by Gasteiger charge is -2.23. The predicted molar refractivity (Wildman–Crippen MR) is 103 cm³/mol. The fourth-order valence-corrected chi connectivity index (χ4v) is 3.38. The second-order valence-corrected chi connectivity index (χ2v) is 6.53. The van der Waals surface area contributed by atoms with Crippen molar-refractivity contribution < 1.29 is 9.85 Å². The van der Waals surface area contributed by atoms with E-state index in [9.17, 15) is 20.2 Å². The molecule has 8 nitrogen and oxygen atoms in total. The van der Waals surface area contributed by atoms with E-state index in [1.54, 1.807) is 0 Å². The van der Waals surface area contributed by atoms with Gasteiger partial charge < -0.3 is 0 Å². The number of anilines is 1. The number of rotatable bonds is 6. The number of benzene rings is 2. The third-order valence-corrected chi connectivity index (χ3v) is 4.75. The molecule has 3 rings (SSSR count). The molecule has 0 radical (unpaired) electrons. The van der Waals surface area contributed by atoms with Crippen LogP contribution in [0.1, 0.15) is 37.7 Å². The number of nitrogens with one attached hydrogen (secondary N) is 1. The van der Waals surface area contributed by atoms with E-state index >= 15 is 0 Å². The van der Waals surface area contributed by atoms with Gasteiger partial charge in [0.15, 0.2) is 0 Å². The van der Waals surface area contributed by atoms with Crippen LogP contribution in [0, 0.1) is 26.1 Å². The summed E-state index contributed by atoms with van der Waals surface area (Å²) in [6.45, 7) is 0. The number of non-ortho nitro benzene ring substituents is 1. The molecule has 0 bridgehead atoms. The summed E-state index contributed by atoms with van der Waals surface area (Å²) in [5, 5.41) is 26.7. The van der Waals surface area contributed by atoms with Gasteiger partial charge in [0.05, 0.1) is 21.6 Å². The highest BCUT2D eigenvalue weighted by atomic mass is 16.6. The molecule has 2 aromatic carbocycles. The van der Waals surface area contributed by atoms with Gasteiger partial charge in [-0.1, -0.05) is 49.6 Å². The first kappa shape index (κ1) is 18.5. The summed E-state index contributed by atoms with van der Waals surface area (Å²) in [5.74, 6) is 0.283. The van der Waals surface area contributed by atoms with Crippen LogP contribution in [0.3, 0.4) is 0 Å². The Kier molecular flexibility index (Phi) is 5.75. The molecular formula is C19H20N4O4. The maximum atomic E-state index is 11.3. The lowest BCUT2D eigenvalue weighted by molar-refractivity contribution is -0.393. The second kappa shape index (κ2) is 8.39. The summed E-state index contributed by atoms with van der Waals surface area (Å²) in [6, 6.07) is 13.2. The Bertz CT molecular complexity index is 861. The van der Waals surface area contributed by atoms with Crippen molar-refractivity contribution in [2.75, 3.05) is 5.43 Å². The summed E-state index contributed by atoms with van der Waals surface area (Å²) in [5.41, 5.74) is 4.05. The van der Waals surface area contributed by atoms with Crippen LogP contribution in [-0.2, 0) is 0 Å². The summed E-state index contributed by atoms with van der Waals surface area (Å²) < 4.78 is 0. The molecule has 27 heavy (non-hydrogen) atoms. The Balaban J connectivity index is 1.94. The zero-order chi connectivity index (χ0) is 19.2. The molecule has 1 aliphatic carbocycles. The normalized spacial score (nSPS) is 15.3. The van der Waals surface area contributed by atoms with Crippen molar-refractivity contribution in [3.05, 3.63) is 74.3 Å². The number of hydrazone groups is 1. The molecule has 1 fully saturated rings. The molecule has 0 saturated heterocycles. The maximum Gasteiger partial charge on any atom is 0.301 e. The van der Waals surface area contributed by atoms with Gasteiger partial charge >= 0.3 is 5.69 Å². The minimum atomic E-state index is -0.655. The molecule has 0 spiro atoms. The van der Waals surface area contributed by atoms with Crippen LogP contribution < -0.4 is 5.43 Å². The fourth-order valence-electron chi connectivity index (χ4n) is 3.38. The lowest BCUT2D eigenvalue weighted by Crippen LogP contribution is -2.20. The van der Waals surface area contributed by atoms with Crippen LogP contribution in [0.4, 0.5) is 17.1 Å². The average molecular weight is 368 g/mol. The standard InChI is InChI=1S/C19H20N4O4/c24-22(25)16-11-12-17(18(13-16)23(26)27)20-21-19(14-7-3-1-4-8-14)15-9-5-2-6-10-15/h1,3-4,7-8,11-13,15,20H,2,5-6,9-10H2/b21-19-. The Morgan fingerprint density at radius 1 is 0.963 bits per heavy atom. The monoisotopic (exact) mass is 368 g/mol. The molecule has 1 N–H and O–H groups in total. The summed E-state index contributed by atoms with van der Waals surface area (Å²) in [7, 11) is 0. The molecule has 8 heteroatoms. The van der Waals surface area contributed by atoms with Gasteiger partial charge in [-0.25, -0.2) is 0 Å². The number of nitrogens with zero attached hydrogens (tertiary/aromatic N) is 3.